The van der Waals surface area contributed by atoms with E-state index >= 15 is 0 Å². The molecular formula is C14H19N5O. The SMILES string of the molecule is CC(NC(=O)c1ccc(N(C)C)c(N)c1)c1ncc[nH]1. The smallest absolute Gasteiger partial charge is 0.251 e. The van der Waals surface area contributed by atoms with Gasteiger partial charge in [0.1, 0.15) is 5.82 Å². The lowest BCUT2D eigenvalue weighted by Gasteiger charge is -2.16. The van der Waals surface area contributed by atoms with Crippen molar-refractivity contribution in [1.82, 2.24) is 15.3 Å². The number of hydrogen-bond acceptors (Lipinski definition) is 4. The molecule has 6 nitrogen and oxygen atoms in total. The number of hydrogen-bond donors (Lipinski definition) is 3. The topological polar surface area (TPSA) is 87.0 Å². The molecule has 0 aliphatic heterocycles. The fraction of sp³-hybridized carbons (Fsp3) is 0.286. The summed E-state index contributed by atoms with van der Waals surface area (Å²) in [5, 5.41) is 2.87. The predicted molar refractivity (Wildman–Crippen MR) is 79.7 cm³/mol. The Kier molecular flexibility index (Phi) is 3.93. The number of nitrogens with two attached hydrogens (primary N) is 1. The second-order valence-corrected chi connectivity index (χ2v) is 4.84. The lowest BCUT2D eigenvalue weighted by Crippen LogP contribution is -2.27. The van der Waals surface area contributed by atoms with Gasteiger partial charge in [-0.25, -0.2) is 4.98 Å². The number of nitrogens with one attached hydrogen (secondary N) is 2. The van der Waals surface area contributed by atoms with Crippen LogP contribution in [-0.2, 0) is 0 Å². The lowest BCUT2D eigenvalue weighted by atomic mass is 10.1. The third-order valence-electron chi connectivity index (χ3n) is 3.05. The molecule has 106 valence electrons. The molecular weight excluding hydrogens is 254 g/mol. The highest BCUT2D eigenvalue weighted by molar-refractivity contribution is 5.96. The summed E-state index contributed by atoms with van der Waals surface area (Å²) in [6, 6.07) is 5.09. The Morgan fingerprint density at radius 2 is 2.20 bits per heavy atom. The minimum Gasteiger partial charge on any atom is -0.397 e. The normalized spacial score (nSPS) is 11.9. The van der Waals surface area contributed by atoms with E-state index in [4.69, 9.17) is 5.73 Å². The quantitative estimate of drug-likeness (QED) is 0.738. The first-order chi connectivity index (χ1) is 9.49. The lowest BCUT2D eigenvalue weighted by molar-refractivity contribution is 0.0938. The molecule has 2 aromatic rings. The van der Waals surface area contributed by atoms with Gasteiger partial charge in [0.05, 0.1) is 17.4 Å². The highest BCUT2D eigenvalue weighted by atomic mass is 16.1. The monoisotopic (exact) mass is 273 g/mol. The van der Waals surface area contributed by atoms with E-state index in [1.165, 1.54) is 0 Å². The molecule has 2 rings (SSSR count). The molecule has 1 aromatic carbocycles. The minimum absolute atomic E-state index is 0.175. The van der Waals surface area contributed by atoms with Crippen LogP contribution in [-0.4, -0.2) is 30.0 Å². The maximum absolute atomic E-state index is 12.2. The Labute approximate surface area is 118 Å². The molecule has 0 fully saturated rings. The van der Waals surface area contributed by atoms with Gasteiger partial charge in [-0.15, -0.1) is 0 Å². The van der Waals surface area contributed by atoms with E-state index in [-0.39, 0.29) is 11.9 Å². The van der Waals surface area contributed by atoms with Crippen LogP contribution in [0.15, 0.2) is 30.6 Å². The maximum Gasteiger partial charge on any atom is 0.251 e. The summed E-state index contributed by atoms with van der Waals surface area (Å²) >= 11 is 0. The van der Waals surface area contributed by atoms with Gasteiger partial charge < -0.3 is 20.9 Å². The first kappa shape index (κ1) is 13.9. The van der Waals surface area contributed by atoms with Crippen LogP contribution in [0.4, 0.5) is 11.4 Å². The van der Waals surface area contributed by atoms with Gasteiger partial charge in [0, 0.05) is 32.1 Å². The van der Waals surface area contributed by atoms with Gasteiger partial charge in [0.25, 0.3) is 5.91 Å². The highest BCUT2D eigenvalue weighted by Gasteiger charge is 2.14. The molecule has 1 unspecified atom stereocenters. The van der Waals surface area contributed by atoms with Gasteiger partial charge in [-0.2, -0.15) is 0 Å². The maximum atomic E-state index is 12.2. The molecule has 1 heterocycles. The number of rotatable bonds is 4. The summed E-state index contributed by atoms with van der Waals surface area (Å²) in [4.78, 5) is 21.2. The van der Waals surface area contributed by atoms with Gasteiger partial charge in [-0.3, -0.25) is 4.79 Å². The van der Waals surface area contributed by atoms with E-state index < -0.39 is 0 Å². The van der Waals surface area contributed by atoms with Crippen molar-refractivity contribution in [3.05, 3.63) is 42.0 Å². The molecule has 1 aromatic heterocycles. The fourth-order valence-corrected chi connectivity index (χ4v) is 1.97. The number of imidazole rings is 1. The fourth-order valence-electron chi connectivity index (χ4n) is 1.97. The number of nitrogens with zero attached hydrogens (tertiary/aromatic N) is 2. The number of amides is 1. The zero-order chi connectivity index (χ0) is 14.7. The summed E-state index contributed by atoms with van der Waals surface area (Å²) in [5.41, 5.74) is 7.95. The summed E-state index contributed by atoms with van der Waals surface area (Å²) in [6.45, 7) is 1.87. The van der Waals surface area contributed by atoms with Crippen molar-refractivity contribution >= 4 is 17.3 Å². The number of nitrogen functional groups attached to an aromatic ring is 1. The van der Waals surface area contributed by atoms with Crippen LogP contribution in [0.5, 0.6) is 0 Å². The predicted octanol–water partition coefficient (Wildman–Crippen LogP) is 1.55. The molecule has 1 amide bonds. The Morgan fingerprint density at radius 3 is 2.75 bits per heavy atom. The van der Waals surface area contributed by atoms with E-state index in [0.29, 0.717) is 11.3 Å². The standard InChI is InChI=1S/C14H19N5O/c1-9(13-16-6-7-17-13)18-14(20)10-4-5-12(19(2)3)11(15)8-10/h4-9H,15H2,1-3H3,(H,16,17)(H,18,20). The Bertz CT molecular complexity index is 592. The number of carbonyl (C=O) groups is 1. The van der Waals surface area contributed by atoms with E-state index in [1.54, 1.807) is 24.5 Å². The molecule has 0 aliphatic carbocycles. The van der Waals surface area contributed by atoms with Crippen LogP contribution >= 0.6 is 0 Å². The second-order valence-electron chi connectivity index (χ2n) is 4.84. The largest absolute Gasteiger partial charge is 0.397 e. The first-order valence-electron chi connectivity index (χ1n) is 6.36. The van der Waals surface area contributed by atoms with Crippen molar-refractivity contribution in [3.8, 4) is 0 Å². The van der Waals surface area contributed by atoms with E-state index in [2.05, 4.69) is 15.3 Å². The van der Waals surface area contributed by atoms with Crippen molar-refractivity contribution in [2.24, 2.45) is 0 Å². The summed E-state index contributed by atoms with van der Waals surface area (Å²) in [7, 11) is 3.81. The van der Waals surface area contributed by atoms with E-state index in [0.717, 1.165) is 11.5 Å². The van der Waals surface area contributed by atoms with Crippen molar-refractivity contribution in [2.75, 3.05) is 24.7 Å². The number of carbonyl (C=O) groups excluding carboxylic acids is 1. The first-order valence-corrected chi connectivity index (χ1v) is 6.36. The molecule has 6 heteroatoms. The third kappa shape index (κ3) is 2.90. The average Bonchev–Trinajstić information content (AvgIpc) is 2.91. The number of aromatic nitrogens is 2. The van der Waals surface area contributed by atoms with Gasteiger partial charge in [-0.05, 0) is 25.1 Å². The number of H-pyrrole nitrogens is 1. The van der Waals surface area contributed by atoms with Crippen molar-refractivity contribution in [3.63, 3.8) is 0 Å². The van der Waals surface area contributed by atoms with Crippen LogP contribution in [0, 0.1) is 0 Å². The van der Waals surface area contributed by atoms with Crippen molar-refractivity contribution < 1.29 is 4.79 Å². The van der Waals surface area contributed by atoms with Crippen LogP contribution in [0.1, 0.15) is 29.1 Å². The average molecular weight is 273 g/mol. The number of benzene rings is 1. The Balaban J connectivity index is 2.12. The van der Waals surface area contributed by atoms with E-state index in [9.17, 15) is 4.79 Å². The molecule has 0 bridgehead atoms. The second kappa shape index (κ2) is 5.64. The molecule has 0 radical (unpaired) electrons. The Hall–Kier alpha value is -2.50. The zero-order valence-electron chi connectivity index (χ0n) is 11.8. The Morgan fingerprint density at radius 1 is 1.45 bits per heavy atom. The van der Waals surface area contributed by atoms with Gasteiger partial charge in [0.2, 0.25) is 0 Å². The number of aromatic amines is 1. The van der Waals surface area contributed by atoms with Crippen LogP contribution < -0.4 is 16.0 Å². The summed E-state index contributed by atoms with van der Waals surface area (Å²) < 4.78 is 0. The van der Waals surface area contributed by atoms with E-state index in [1.807, 2.05) is 32.0 Å². The zero-order valence-corrected chi connectivity index (χ0v) is 11.8. The third-order valence-corrected chi connectivity index (χ3v) is 3.05. The summed E-state index contributed by atoms with van der Waals surface area (Å²) in [5.74, 6) is 0.544. The number of anilines is 2. The molecule has 0 saturated carbocycles. The van der Waals surface area contributed by atoms with Crippen LogP contribution in [0.25, 0.3) is 0 Å². The minimum atomic E-state index is -0.188. The van der Waals surface area contributed by atoms with Crippen LogP contribution in [0.2, 0.25) is 0 Å². The molecule has 0 spiro atoms. The highest BCUT2D eigenvalue weighted by Crippen LogP contribution is 2.22. The summed E-state index contributed by atoms with van der Waals surface area (Å²) in [6.07, 6.45) is 3.38. The molecule has 0 saturated heterocycles. The van der Waals surface area contributed by atoms with Gasteiger partial charge in [-0.1, -0.05) is 0 Å². The van der Waals surface area contributed by atoms with Crippen molar-refractivity contribution in [2.45, 2.75) is 13.0 Å². The van der Waals surface area contributed by atoms with Gasteiger partial charge >= 0.3 is 0 Å². The molecule has 4 N–H and O–H groups in total. The molecule has 0 aliphatic rings. The molecule has 20 heavy (non-hydrogen) atoms. The van der Waals surface area contributed by atoms with Crippen LogP contribution in [0.3, 0.4) is 0 Å². The van der Waals surface area contributed by atoms with Crippen molar-refractivity contribution in [1.29, 1.82) is 0 Å². The van der Waals surface area contributed by atoms with Gasteiger partial charge in [0.15, 0.2) is 0 Å². The molecule has 1 atom stereocenters.